The number of piperidine rings is 1. The number of hydrogen-bond donors (Lipinski definition) is 0. The number of likely N-dealkylation sites (tertiary alicyclic amines) is 1. The highest BCUT2D eigenvalue weighted by Gasteiger charge is 2.40. The largest absolute Gasteiger partial charge is 0.444 e. The first-order valence-electron chi connectivity index (χ1n) is 12.6. The molecule has 1 spiro atoms. The molecule has 0 atom stereocenters. The summed E-state index contributed by atoms with van der Waals surface area (Å²) in [6, 6.07) is 22.4. The molecule has 2 aromatic rings. The van der Waals surface area contributed by atoms with Crippen molar-refractivity contribution in [1.29, 1.82) is 0 Å². The minimum Gasteiger partial charge on any atom is -0.444 e. The van der Waals surface area contributed by atoms with E-state index in [0.717, 1.165) is 39.0 Å². The minimum absolute atomic E-state index is 0.150. The Hall–Kier alpha value is -2.33. The highest BCUT2D eigenvalue weighted by Crippen LogP contribution is 2.46. The predicted octanol–water partition coefficient (Wildman–Crippen LogP) is 6.65. The molecule has 4 rings (SSSR count). The summed E-state index contributed by atoms with van der Waals surface area (Å²) in [5.74, 6) is 0. The summed E-state index contributed by atoms with van der Waals surface area (Å²) >= 11 is 0. The summed E-state index contributed by atoms with van der Waals surface area (Å²) in [6.07, 6.45) is 7.08. The van der Waals surface area contributed by atoms with Crippen LogP contribution in [0.15, 0.2) is 60.7 Å². The second-order valence-electron chi connectivity index (χ2n) is 11.1. The maximum atomic E-state index is 12.5. The van der Waals surface area contributed by atoms with Gasteiger partial charge in [-0.05, 0) is 75.8 Å². The summed E-state index contributed by atoms with van der Waals surface area (Å²) in [5, 5.41) is 0. The number of carbonyl (C=O) groups is 1. The van der Waals surface area contributed by atoms with Crippen molar-refractivity contribution in [3.05, 3.63) is 71.8 Å². The van der Waals surface area contributed by atoms with E-state index < -0.39 is 5.60 Å². The number of benzene rings is 2. The molecular formula is C29H40N2O2. The molecule has 1 aliphatic carbocycles. The second kappa shape index (κ2) is 10.3. The third-order valence-electron chi connectivity index (χ3n) is 7.46. The maximum absolute atomic E-state index is 12.5. The van der Waals surface area contributed by atoms with Crippen molar-refractivity contribution in [2.45, 2.75) is 84.0 Å². The van der Waals surface area contributed by atoms with E-state index in [2.05, 4.69) is 65.6 Å². The summed E-state index contributed by atoms with van der Waals surface area (Å²) in [6.45, 7) is 9.48. The molecule has 1 saturated carbocycles. The van der Waals surface area contributed by atoms with Gasteiger partial charge in [0.1, 0.15) is 5.60 Å². The van der Waals surface area contributed by atoms with Gasteiger partial charge in [0.15, 0.2) is 0 Å². The molecule has 2 aromatic carbocycles. The topological polar surface area (TPSA) is 32.8 Å². The van der Waals surface area contributed by atoms with Crippen molar-refractivity contribution in [3.63, 3.8) is 0 Å². The normalized spacial score (nSPS) is 19.1. The van der Waals surface area contributed by atoms with E-state index in [-0.39, 0.29) is 6.09 Å². The number of carbonyl (C=O) groups excluding carboxylic acids is 1. The van der Waals surface area contributed by atoms with Gasteiger partial charge >= 0.3 is 6.09 Å². The fourth-order valence-corrected chi connectivity index (χ4v) is 5.52. The molecule has 0 aromatic heterocycles. The van der Waals surface area contributed by atoms with Crippen LogP contribution >= 0.6 is 0 Å². The van der Waals surface area contributed by atoms with Crippen LogP contribution in [0.1, 0.15) is 70.4 Å². The zero-order valence-corrected chi connectivity index (χ0v) is 20.6. The van der Waals surface area contributed by atoms with Crippen LogP contribution in [0.5, 0.6) is 0 Å². The monoisotopic (exact) mass is 448 g/mol. The Kier molecular flexibility index (Phi) is 7.43. The smallest absolute Gasteiger partial charge is 0.410 e. The van der Waals surface area contributed by atoms with Crippen LogP contribution < -0.4 is 0 Å². The zero-order valence-electron chi connectivity index (χ0n) is 20.6. The first-order chi connectivity index (χ1) is 15.8. The van der Waals surface area contributed by atoms with E-state index in [1.165, 1.54) is 36.8 Å². The summed E-state index contributed by atoms with van der Waals surface area (Å²) in [4.78, 5) is 17.1. The molecular weight excluding hydrogens is 408 g/mol. The van der Waals surface area contributed by atoms with Crippen LogP contribution in [0.4, 0.5) is 4.79 Å². The van der Waals surface area contributed by atoms with E-state index in [0.29, 0.717) is 11.5 Å². The van der Waals surface area contributed by atoms with Gasteiger partial charge in [-0.2, -0.15) is 0 Å². The molecule has 1 saturated heterocycles. The van der Waals surface area contributed by atoms with Gasteiger partial charge in [-0.3, -0.25) is 4.90 Å². The quantitative estimate of drug-likeness (QED) is 0.513. The Morgan fingerprint density at radius 2 is 1.36 bits per heavy atom. The molecule has 33 heavy (non-hydrogen) atoms. The van der Waals surface area contributed by atoms with Gasteiger partial charge in [0, 0.05) is 32.2 Å². The van der Waals surface area contributed by atoms with Crippen LogP contribution in [0.3, 0.4) is 0 Å². The van der Waals surface area contributed by atoms with Crippen molar-refractivity contribution >= 4 is 6.09 Å². The van der Waals surface area contributed by atoms with E-state index in [1.807, 2.05) is 25.7 Å². The number of hydrogen-bond acceptors (Lipinski definition) is 3. The van der Waals surface area contributed by atoms with Crippen molar-refractivity contribution in [3.8, 4) is 0 Å². The summed E-state index contributed by atoms with van der Waals surface area (Å²) in [5.41, 5.74) is 2.75. The van der Waals surface area contributed by atoms with Gasteiger partial charge in [-0.15, -0.1) is 0 Å². The highest BCUT2D eigenvalue weighted by atomic mass is 16.6. The maximum Gasteiger partial charge on any atom is 0.410 e. The van der Waals surface area contributed by atoms with Crippen molar-refractivity contribution < 1.29 is 9.53 Å². The van der Waals surface area contributed by atoms with Crippen LogP contribution in [-0.2, 0) is 17.8 Å². The lowest BCUT2D eigenvalue weighted by molar-refractivity contribution is -0.00361. The van der Waals surface area contributed by atoms with Crippen LogP contribution in [0, 0.1) is 5.41 Å². The molecule has 4 heteroatoms. The number of amides is 1. The lowest BCUT2D eigenvalue weighted by Gasteiger charge is -2.47. The molecule has 2 aliphatic rings. The van der Waals surface area contributed by atoms with E-state index >= 15 is 0 Å². The Balaban J connectivity index is 1.35. The molecule has 0 unspecified atom stereocenters. The van der Waals surface area contributed by atoms with Gasteiger partial charge in [0.25, 0.3) is 0 Å². The molecule has 1 amide bonds. The van der Waals surface area contributed by atoms with E-state index in [4.69, 9.17) is 4.74 Å². The Morgan fingerprint density at radius 1 is 0.879 bits per heavy atom. The molecule has 4 nitrogen and oxygen atoms in total. The third-order valence-corrected chi connectivity index (χ3v) is 7.46. The standard InChI is InChI=1S/C29H40N2O2/c1-28(2,3)33-27(32)30-20-18-29(19-21-30)16-14-26(15-17-29)31(22-24-10-6-4-7-11-24)23-25-12-8-5-9-13-25/h4-13,26H,14-23H2,1-3H3. The van der Waals surface area contributed by atoms with Gasteiger partial charge in [-0.1, -0.05) is 60.7 Å². The van der Waals surface area contributed by atoms with Gasteiger partial charge in [-0.25, -0.2) is 4.79 Å². The van der Waals surface area contributed by atoms with Gasteiger partial charge < -0.3 is 9.64 Å². The summed E-state index contributed by atoms with van der Waals surface area (Å²) in [7, 11) is 0. The average Bonchev–Trinajstić information content (AvgIpc) is 2.80. The Labute approximate surface area is 199 Å². The Morgan fingerprint density at radius 3 is 1.82 bits per heavy atom. The van der Waals surface area contributed by atoms with Crippen molar-refractivity contribution in [1.82, 2.24) is 9.80 Å². The average molecular weight is 449 g/mol. The first kappa shape index (κ1) is 23.8. The minimum atomic E-state index is -0.425. The fourth-order valence-electron chi connectivity index (χ4n) is 5.52. The molecule has 0 N–H and O–H groups in total. The number of ether oxygens (including phenoxy) is 1. The number of rotatable bonds is 5. The highest BCUT2D eigenvalue weighted by molar-refractivity contribution is 5.68. The predicted molar refractivity (Wildman–Crippen MR) is 134 cm³/mol. The fraction of sp³-hybridized carbons (Fsp3) is 0.552. The molecule has 0 bridgehead atoms. The molecule has 1 aliphatic heterocycles. The second-order valence-corrected chi connectivity index (χ2v) is 11.1. The zero-order chi connectivity index (χ0) is 23.3. The van der Waals surface area contributed by atoms with Crippen molar-refractivity contribution in [2.24, 2.45) is 5.41 Å². The van der Waals surface area contributed by atoms with Crippen LogP contribution in [0.25, 0.3) is 0 Å². The van der Waals surface area contributed by atoms with Crippen molar-refractivity contribution in [2.75, 3.05) is 13.1 Å². The first-order valence-corrected chi connectivity index (χ1v) is 12.6. The van der Waals surface area contributed by atoms with E-state index in [1.54, 1.807) is 0 Å². The van der Waals surface area contributed by atoms with Gasteiger partial charge in [0.05, 0.1) is 0 Å². The summed E-state index contributed by atoms with van der Waals surface area (Å²) < 4.78 is 5.59. The molecule has 178 valence electrons. The van der Waals surface area contributed by atoms with E-state index in [9.17, 15) is 4.79 Å². The molecule has 0 radical (unpaired) electrons. The molecule has 2 fully saturated rings. The SMILES string of the molecule is CC(C)(C)OC(=O)N1CCC2(CCC(N(Cc3ccccc3)Cc3ccccc3)CC2)CC1. The lowest BCUT2D eigenvalue weighted by Crippen LogP contribution is -2.48. The lowest BCUT2D eigenvalue weighted by atomic mass is 9.66. The van der Waals surface area contributed by atoms with Crippen LogP contribution in [0.2, 0.25) is 0 Å². The Bertz CT molecular complexity index is 831. The third kappa shape index (κ3) is 6.60. The molecule has 1 heterocycles. The van der Waals surface area contributed by atoms with Crippen LogP contribution in [-0.4, -0.2) is 40.6 Å². The number of nitrogens with zero attached hydrogens (tertiary/aromatic N) is 2. The van der Waals surface area contributed by atoms with Gasteiger partial charge in [0.2, 0.25) is 0 Å².